The molecule has 210 valence electrons. The quantitative estimate of drug-likeness (QED) is 0.158. The maximum atomic E-state index is 14.0. The molecule has 1 aromatic heterocycles. The minimum Gasteiger partial charge on any atom is -0.487 e. The van der Waals surface area contributed by atoms with Gasteiger partial charge in [0, 0.05) is 15.1 Å². The summed E-state index contributed by atoms with van der Waals surface area (Å²) in [5, 5.41) is 0.418. The third-order valence-corrected chi connectivity index (χ3v) is 8.92. The highest BCUT2D eigenvalue weighted by Crippen LogP contribution is 2.35. The molecule has 5 rings (SSSR count). The molecule has 6 nitrogen and oxygen atoms in total. The summed E-state index contributed by atoms with van der Waals surface area (Å²) in [6, 6.07) is 16.2. The maximum absolute atomic E-state index is 14.0. The zero-order chi connectivity index (χ0) is 29.3. The minimum atomic E-state index is -0.807. The number of hydrogen-bond donors (Lipinski definition) is 0. The summed E-state index contributed by atoms with van der Waals surface area (Å²) in [6.45, 7) is 3.85. The lowest BCUT2D eigenvalue weighted by molar-refractivity contribution is -0.139. The first-order chi connectivity index (χ1) is 19.7. The van der Waals surface area contributed by atoms with E-state index in [2.05, 4.69) is 43.5 Å². The van der Waals surface area contributed by atoms with Crippen LogP contribution < -0.4 is 19.6 Å². The second-order valence-electron chi connectivity index (χ2n) is 9.04. The first-order valence-corrected chi connectivity index (χ1v) is 15.5. The monoisotopic (exact) mass is 766 g/mol. The number of rotatable bonds is 7. The van der Waals surface area contributed by atoms with Gasteiger partial charge in [-0.1, -0.05) is 69.2 Å². The summed E-state index contributed by atoms with van der Waals surface area (Å²) < 4.78 is 28.4. The number of nitrogens with zero attached hydrogens (tertiary/aromatic N) is 2. The van der Waals surface area contributed by atoms with Gasteiger partial charge in [0.2, 0.25) is 0 Å². The standard InChI is InChI=1S/C30H22BrClFIN2O4S/c1-3-39-29(38)25-16(2)35-30-36(26(25)21-6-4-5-7-22(21)32)28(37)24(41-30)13-18-12-19(31)14-23(34)27(18)40-15-17-8-10-20(33)11-9-17/h4-14,26H,3,15H2,1-2H3/b24-13-/t26-/m1/s1. The van der Waals surface area contributed by atoms with Gasteiger partial charge in [-0.05, 0) is 84.0 Å². The number of thiazole rings is 1. The van der Waals surface area contributed by atoms with Crippen molar-refractivity contribution < 1.29 is 18.7 Å². The van der Waals surface area contributed by atoms with Gasteiger partial charge in [0.05, 0.1) is 26.0 Å². The van der Waals surface area contributed by atoms with E-state index >= 15 is 0 Å². The third-order valence-electron chi connectivity index (χ3n) is 6.34. The Bertz CT molecular complexity index is 1870. The molecule has 0 amide bonds. The van der Waals surface area contributed by atoms with E-state index in [-0.39, 0.29) is 30.2 Å². The van der Waals surface area contributed by atoms with Crippen molar-refractivity contribution in [3.8, 4) is 5.75 Å². The molecule has 0 saturated heterocycles. The molecule has 0 spiro atoms. The molecule has 1 atom stereocenters. The smallest absolute Gasteiger partial charge is 0.338 e. The van der Waals surface area contributed by atoms with Crippen molar-refractivity contribution in [1.29, 1.82) is 0 Å². The summed E-state index contributed by atoms with van der Waals surface area (Å²) in [4.78, 5) is 32.2. The fourth-order valence-corrected chi connectivity index (χ4v) is 7.48. The summed E-state index contributed by atoms with van der Waals surface area (Å²) in [6.07, 6.45) is 1.75. The SMILES string of the molecule is CCOC(=O)C1=C(C)N=c2s/c(=C\c3cc(Br)cc(I)c3OCc3ccc(F)cc3)c(=O)n2[C@@H]1c1ccccc1Cl. The number of benzene rings is 3. The summed E-state index contributed by atoms with van der Waals surface area (Å²) in [7, 11) is 0. The van der Waals surface area contributed by atoms with Gasteiger partial charge in [-0.2, -0.15) is 0 Å². The van der Waals surface area contributed by atoms with Crippen molar-refractivity contribution >= 4 is 73.5 Å². The van der Waals surface area contributed by atoms with Crippen LogP contribution in [0.1, 0.15) is 36.6 Å². The summed E-state index contributed by atoms with van der Waals surface area (Å²) in [5.74, 6) is -0.291. The molecular formula is C30H22BrClFIN2O4S. The number of hydrogen-bond acceptors (Lipinski definition) is 6. The van der Waals surface area contributed by atoms with Crippen LogP contribution in [-0.2, 0) is 16.1 Å². The first kappa shape index (κ1) is 29.7. The van der Waals surface area contributed by atoms with Crippen molar-refractivity contribution in [2.45, 2.75) is 26.5 Å². The van der Waals surface area contributed by atoms with E-state index < -0.39 is 12.0 Å². The second kappa shape index (κ2) is 12.6. The topological polar surface area (TPSA) is 69.9 Å². The zero-order valence-corrected chi connectivity index (χ0v) is 27.1. The van der Waals surface area contributed by atoms with E-state index in [1.807, 2.05) is 18.2 Å². The fraction of sp³-hybridized carbons (Fsp3) is 0.167. The molecule has 0 fully saturated rings. The average molecular weight is 768 g/mol. The van der Waals surface area contributed by atoms with Crippen LogP contribution in [0.4, 0.5) is 4.39 Å². The van der Waals surface area contributed by atoms with Crippen molar-refractivity contribution in [1.82, 2.24) is 4.57 Å². The lowest BCUT2D eigenvalue weighted by atomic mass is 9.96. The second-order valence-corrected chi connectivity index (χ2v) is 12.5. The fourth-order valence-electron chi connectivity index (χ4n) is 4.50. The number of ether oxygens (including phenoxy) is 2. The van der Waals surface area contributed by atoms with Gasteiger partial charge in [0.1, 0.15) is 24.2 Å². The Labute approximate surface area is 266 Å². The van der Waals surface area contributed by atoms with Crippen molar-refractivity contribution in [2.24, 2.45) is 4.99 Å². The van der Waals surface area contributed by atoms with Gasteiger partial charge in [0.15, 0.2) is 4.80 Å². The molecule has 0 unspecified atom stereocenters. The molecule has 41 heavy (non-hydrogen) atoms. The zero-order valence-electron chi connectivity index (χ0n) is 21.8. The number of halogens is 4. The number of esters is 1. The van der Waals surface area contributed by atoms with Crippen LogP contribution in [0.3, 0.4) is 0 Å². The number of carbonyl (C=O) groups excluding carboxylic acids is 1. The van der Waals surface area contributed by atoms with Crippen LogP contribution in [0.15, 0.2) is 86.2 Å². The van der Waals surface area contributed by atoms with E-state index in [1.165, 1.54) is 28.0 Å². The third kappa shape index (κ3) is 6.20. The van der Waals surface area contributed by atoms with E-state index in [4.69, 9.17) is 21.1 Å². The molecule has 0 N–H and O–H groups in total. The molecule has 1 aliphatic rings. The molecule has 0 radical (unpaired) electrons. The van der Waals surface area contributed by atoms with Gasteiger partial charge in [-0.15, -0.1) is 0 Å². The Kier molecular flexibility index (Phi) is 9.12. The lowest BCUT2D eigenvalue weighted by Crippen LogP contribution is -2.40. The largest absolute Gasteiger partial charge is 0.487 e. The highest BCUT2D eigenvalue weighted by molar-refractivity contribution is 14.1. The molecule has 11 heteroatoms. The Morgan fingerprint density at radius 1 is 1.22 bits per heavy atom. The van der Waals surface area contributed by atoms with Gasteiger partial charge in [-0.3, -0.25) is 9.36 Å². The van der Waals surface area contributed by atoms with Crippen LogP contribution in [0.2, 0.25) is 5.02 Å². The van der Waals surface area contributed by atoms with E-state index in [0.29, 0.717) is 36.9 Å². The van der Waals surface area contributed by atoms with E-state index in [1.54, 1.807) is 50.3 Å². The predicted molar refractivity (Wildman–Crippen MR) is 169 cm³/mol. The first-order valence-electron chi connectivity index (χ1n) is 12.5. The van der Waals surface area contributed by atoms with Crippen LogP contribution >= 0.6 is 61.5 Å². The minimum absolute atomic E-state index is 0.178. The molecule has 3 aromatic carbocycles. The molecule has 0 bridgehead atoms. The number of allylic oxidation sites excluding steroid dienone is 1. The van der Waals surface area contributed by atoms with Crippen LogP contribution in [-0.4, -0.2) is 17.1 Å². The van der Waals surface area contributed by atoms with Crippen molar-refractivity contribution in [2.75, 3.05) is 6.61 Å². The Balaban J connectivity index is 1.65. The van der Waals surface area contributed by atoms with Crippen molar-refractivity contribution in [3.63, 3.8) is 0 Å². The summed E-state index contributed by atoms with van der Waals surface area (Å²) >= 11 is 13.5. The average Bonchev–Trinajstić information content (AvgIpc) is 3.23. The van der Waals surface area contributed by atoms with Gasteiger partial charge in [-0.25, -0.2) is 14.2 Å². The van der Waals surface area contributed by atoms with Crippen LogP contribution in [0.5, 0.6) is 5.75 Å². The molecule has 4 aromatic rings. The van der Waals surface area contributed by atoms with Crippen LogP contribution in [0, 0.1) is 9.39 Å². The predicted octanol–water partition coefficient (Wildman–Crippen LogP) is 6.54. The molecular weight excluding hydrogens is 746 g/mol. The number of fused-ring (bicyclic) bond motifs is 1. The maximum Gasteiger partial charge on any atom is 0.338 e. The number of aromatic nitrogens is 1. The Hall–Kier alpha value is -2.80. The molecule has 0 saturated carbocycles. The van der Waals surface area contributed by atoms with Gasteiger partial charge >= 0.3 is 5.97 Å². The highest BCUT2D eigenvalue weighted by atomic mass is 127. The lowest BCUT2D eigenvalue weighted by Gasteiger charge is -2.25. The number of carbonyl (C=O) groups is 1. The molecule has 0 aliphatic carbocycles. The molecule has 2 heterocycles. The van der Waals surface area contributed by atoms with Gasteiger partial charge < -0.3 is 9.47 Å². The normalized spacial score (nSPS) is 15.0. The van der Waals surface area contributed by atoms with Gasteiger partial charge in [0.25, 0.3) is 5.56 Å². The summed E-state index contributed by atoms with van der Waals surface area (Å²) in [5.41, 5.74) is 2.47. The Morgan fingerprint density at radius 3 is 2.66 bits per heavy atom. The van der Waals surface area contributed by atoms with E-state index in [0.717, 1.165) is 13.6 Å². The highest BCUT2D eigenvalue weighted by Gasteiger charge is 2.34. The molecule has 1 aliphatic heterocycles. The van der Waals surface area contributed by atoms with Crippen molar-refractivity contribution in [3.05, 3.63) is 127 Å². The Morgan fingerprint density at radius 2 is 1.95 bits per heavy atom. The van der Waals surface area contributed by atoms with E-state index in [9.17, 15) is 14.0 Å². The van der Waals surface area contributed by atoms with Crippen LogP contribution in [0.25, 0.3) is 6.08 Å².